The maximum absolute atomic E-state index is 6.18. The van der Waals surface area contributed by atoms with Crippen molar-refractivity contribution in [2.45, 2.75) is 38.5 Å². The van der Waals surface area contributed by atoms with Crippen LogP contribution in [0.2, 0.25) is 10.0 Å². The maximum Gasteiger partial charge on any atom is 0.0719 e. The van der Waals surface area contributed by atoms with Gasteiger partial charge >= 0.3 is 0 Å². The monoisotopic (exact) mass is 349 g/mol. The molecule has 1 aliphatic carbocycles. The van der Waals surface area contributed by atoms with E-state index in [0.29, 0.717) is 10.0 Å². The van der Waals surface area contributed by atoms with Gasteiger partial charge in [0.2, 0.25) is 0 Å². The molecule has 0 aliphatic heterocycles. The average molecular weight is 351 g/mol. The molecule has 0 unspecified atom stereocenters. The third-order valence-electron chi connectivity index (χ3n) is 3.59. The summed E-state index contributed by atoms with van der Waals surface area (Å²) in [5.41, 5.74) is 0.859. The summed E-state index contributed by atoms with van der Waals surface area (Å²) >= 11 is 15.7. The highest BCUT2D eigenvalue weighted by molar-refractivity contribution is 9.10. The van der Waals surface area contributed by atoms with E-state index in [4.69, 9.17) is 23.2 Å². The van der Waals surface area contributed by atoms with E-state index in [2.05, 4.69) is 21.2 Å². The molecule has 1 saturated carbocycles. The summed E-state index contributed by atoms with van der Waals surface area (Å²) in [6.07, 6.45) is 8.17. The highest BCUT2D eigenvalue weighted by Crippen LogP contribution is 2.34. The molecular formula is C14H18BrCl2N. The number of anilines is 1. The summed E-state index contributed by atoms with van der Waals surface area (Å²) in [6.45, 7) is 0.950. The van der Waals surface area contributed by atoms with Crippen LogP contribution < -0.4 is 5.32 Å². The number of rotatable bonds is 4. The van der Waals surface area contributed by atoms with Crippen molar-refractivity contribution in [1.29, 1.82) is 0 Å². The molecule has 2 rings (SSSR count). The Hall–Kier alpha value is 0.0800. The van der Waals surface area contributed by atoms with Crippen LogP contribution in [-0.2, 0) is 0 Å². The summed E-state index contributed by atoms with van der Waals surface area (Å²) in [5, 5.41) is 4.73. The Morgan fingerprint density at radius 1 is 1.11 bits per heavy atom. The molecule has 1 aliphatic rings. The van der Waals surface area contributed by atoms with Crippen LogP contribution in [0.15, 0.2) is 16.6 Å². The lowest BCUT2D eigenvalue weighted by Crippen LogP contribution is -2.12. The van der Waals surface area contributed by atoms with Crippen molar-refractivity contribution < 1.29 is 0 Å². The molecule has 0 bridgehead atoms. The van der Waals surface area contributed by atoms with E-state index in [9.17, 15) is 0 Å². The van der Waals surface area contributed by atoms with Gasteiger partial charge in [-0.15, -0.1) is 0 Å². The third kappa shape index (κ3) is 4.04. The Labute approximate surface area is 127 Å². The van der Waals surface area contributed by atoms with Gasteiger partial charge in [0, 0.05) is 11.0 Å². The first-order chi connectivity index (χ1) is 8.66. The fourth-order valence-electron chi connectivity index (χ4n) is 2.59. The molecule has 0 atom stereocenters. The summed E-state index contributed by atoms with van der Waals surface area (Å²) < 4.78 is 0.912. The number of nitrogens with one attached hydrogen (secondary N) is 1. The molecule has 0 saturated heterocycles. The molecule has 1 fully saturated rings. The molecule has 1 nitrogen and oxygen atoms in total. The van der Waals surface area contributed by atoms with Gasteiger partial charge in [0.25, 0.3) is 0 Å². The van der Waals surface area contributed by atoms with Gasteiger partial charge in [0.1, 0.15) is 0 Å². The van der Waals surface area contributed by atoms with E-state index in [0.717, 1.165) is 22.6 Å². The first-order valence-electron chi connectivity index (χ1n) is 6.55. The molecule has 1 aromatic rings. The molecule has 4 heteroatoms. The molecule has 0 amide bonds. The van der Waals surface area contributed by atoms with Crippen LogP contribution in [0, 0.1) is 5.92 Å². The lowest BCUT2D eigenvalue weighted by atomic mass is 9.87. The predicted octanol–water partition coefficient (Wildman–Crippen LogP) is 6.14. The maximum atomic E-state index is 6.18. The molecule has 1 N–H and O–H groups in total. The van der Waals surface area contributed by atoms with Crippen molar-refractivity contribution in [1.82, 2.24) is 0 Å². The highest BCUT2D eigenvalue weighted by Gasteiger charge is 2.13. The van der Waals surface area contributed by atoms with Crippen LogP contribution >= 0.6 is 39.1 Å². The second-order valence-corrected chi connectivity index (χ2v) is 6.69. The molecule has 18 heavy (non-hydrogen) atoms. The number of hydrogen-bond donors (Lipinski definition) is 1. The smallest absolute Gasteiger partial charge is 0.0719 e. The molecule has 100 valence electrons. The van der Waals surface area contributed by atoms with E-state index < -0.39 is 0 Å². The Bertz CT molecular complexity index is 380. The zero-order chi connectivity index (χ0) is 13.0. The van der Waals surface area contributed by atoms with Crippen molar-refractivity contribution in [2.75, 3.05) is 11.9 Å². The van der Waals surface area contributed by atoms with Crippen LogP contribution in [0.1, 0.15) is 38.5 Å². The van der Waals surface area contributed by atoms with E-state index in [1.807, 2.05) is 12.1 Å². The first-order valence-corrected chi connectivity index (χ1v) is 8.10. The lowest BCUT2D eigenvalue weighted by Gasteiger charge is -2.22. The zero-order valence-corrected chi connectivity index (χ0v) is 13.4. The van der Waals surface area contributed by atoms with Gasteiger partial charge in [-0.25, -0.2) is 0 Å². The topological polar surface area (TPSA) is 12.0 Å². The van der Waals surface area contributed by atoms with E-state index in [1.165, 1.54) is 38.5 Å². The fourth-order valence-corrected chi connectivity index (χ4v) is 3.93. The fraction of sp³-hybridized carbons (Fsp3) is 0.571. The van der Waals surface area contributed by atoms with Crippen molar-refractivity contribution in [3.8, 4) is 0 Å². The van der Waals surface area contributed by atoms with Gasteiger partial charge < -0.3 is 5.32 Å². The Morgan fingerprint density at radius 2 is 1.72 bits per heavy atom. The second kappa shape index (κ2) is 7.02. The highest BCUT2D eigenvalue weighted by atomic mass is 79.9. The van der Waals surface area contributed by atoms with Gasteiger partial charge in [-0.1, -0.05) is 71.2 Å². The number of hydrogen-bond acceptors (Lipinski definition) is 1. The van der Waals surface area contributed by atoms with Gasteiger partial charge in [-0.05, 0) is 24.5 Å². The van der Waals surface area contributed by atoms with E-state index in [1.54, 1.807) is 0 Å². The van der Waals surface area contributed by atoms with E-state index in [-0.39, 0.29) is 0 Å². The zero-order valence-electron chi connectivity index (χ0n) is 10.3. The van der Waals surface area contributed by atoms with Crippen molar-refractivity contribution in [3.63, 3.8) is 0 Å². The molecule has 0 radical (unpaired) electrons. The first kappa shape index (κ1) is 14.5. The van der Waals surface area contributed by atoms with E-state index >= 15 is 0 Å². The number of benzene rings is 1. The largest absolute Gasteiger partial charge is 0.383 e. The third-order valence-corrected chi connectivity index (χ3v) is 4.64. The Morgan fingerprint density at radius 3 is 2.33 bits per heavy atom. The minimum absolute atomic E-state index is 0.679. The quantitative estimate of drug-likeness (QED) is 0.687. The van der Waals surface area contributed by atoms with Crippen LogP contribution in [0.5, 0.6) is 0 Å². The second-order valence-electron chi connectivity index (χ2n) is 4.96. The van der Waals surface area contributed by atoms with Crippen LogP contribution in [0.4, 0.5) is 5.69 Å². The molecular weight excluding hydrogens is 333 g/mol. The van der Waals surface area contributed by atoms with Crippen LogP contribution in [0.3, 0.4) is 0 Å². The van der Waals surface area contributed by atoms with Gasteiger partial charge in [-0.3, -0.25) is 0 Å². The summed E-state index contributed by atoms with van der Waals surface area (Å²) in [5.74, 6) is 0.874. The SMILES string of the molecule is Clc1cc(Br)cc(Cl)c1NCCC1CCCCC1. The predicted molar refractivity (Wildman–Crippen MR) is 83.8 cm³/mol. The van der Waals surface area contributed by atoms with Gasteiger partial charge in [0.15, 0.2) is 0 Å². The van der Waals surface area contributed by atoms with Crippen molar-refractivity contribution in [3.05, 3.63) is 26.7 Å². The normalized spacial score (nSPS) is 16.8. The Kier molecular flexibility index (Phi) is 5.65. The minimum atomic E-state index is 0.679. The lowest BCUT2D eigenvalue weighted by molar-refractivity contribution is 0.345. The standard InChI is InChI=1S/C14H18BrCl2N/c15-11-8-12(16)14(13(17)9-11)18-7-6-10-4-2-1-3-5-10/h8-10,18H,1-7H2. The Balaban J connectivity index is 1.86. The van der Waals surface area contributed by atoms with Gasteiger partial charge in [0.05, 0.1) is 15.7 Å². The molecule has 1 aromatic carbocycles. The molecule has 0 spiro atoms. The molecule has 0 aromatic heterocycles. The minimum Gasteiger partial charge on any atom is -0.383 e. The number of halogens is 3. The van der Waals surface area contributed by atoms with Gasteiger partial charge in [-0.2, -0.15) is 0 Å². The summed E-state index contributed by atoms with van der Waals surface area (Å²) in [4.78, 5) is 0. The average Bonchev–Trinajstić information content (AvgIpc) is 2.34. The summed E-state index contributed by atoms with van der Waals surface area (Å²) in [6, 6.07) is 3.74. The van der Waals surface area contributed by atoms with Crippen molar-refractivity contribution in [2.24, 2.45) is 5.92 Å². The molecule has 0 heterocycles. The van der Waals surface area contributed by atoms with Crippen LogP contribution in [-0.4, -0.2) is 6.54 Å². The van der Waals surface area contributed by atoms with Crippen molar-refractivity contribution >= 4 is 44.8 Å². The van der Waals surface area contributed by atoms with Crippen LogP contribution in [0.25, 0.3) is 0 Å². The summed E-state index contributed by atoms with van der Waals surface area (Å²) in [7, 11) is 0.